The van der Waals surface area contributed by atoms with E-state index in [1.807, 2.05) is 32.0 Å². The highest BCUT2D eigenvalue weighted by atomic mass is 16.5. The van der Waals surface area contributed by atoms with Gasteiger partial charge in [-0.2, -0.15) is 0 Å². The number of hydrogen-bond acceptors (Lipinski definition) is 4. The fourth-order valence-electron chi connectivity index (χ4n) is 3.08. The molecular weight excluding hydrogens is 294 g/mol. The Kier molecular flexibility index (Phi) is 4.52. The lowest BCUT2D eigenvalue weighted by Gasteiger charge is -2.19. The molecule has 1 aromatic carbocycles. The topological polar surface area (TPSA) is 76.2 Å². The van der Waals surface area contributed by atoms with E-state index in [2.05, 4.69) is 15.3 Å². The van der Waals surface area contributed by atoms with E-state index in [0.717, 1.165) is 35.4 Å². The highest BCUT2D eigenvalue weighted by molar-refractivity contribution is 5.80. The van der Waals surface area contributed by atoms with Gasteiger partial charge in [-0.3, -0.25) is 4.79 Å². The summed E-state index contributed by atoms with van der Waals surface area (Å²) in [7, 11) is 1.63. The van der Waals surface area contributed by atoms with Crippen molar-refractivity contribution >= 4 is 16.9 Å². The van der Waals surface area contributed by atoms with Crippen LogP contribution < -0.4 is 10.1 Å². The molecule has 1 aliphatic heterocycles. The van der Waals surface area contributed by atoms with Crippen molar-refractivity contribution in [1.29, 1.82) is 0 Å². The number of nitrogens with one attached hydrogen (secondary N) is 2. The lowest BCUT2D eigenvalue weighted by molar-refractivity contribution is -0.127. The zero-order chi connectivity index (χ0) is 16.4. The monoisotopic (exact) mass is 317 g/mol. The van der Waals surface area contributed by atoms with Crippen molar-refractivity contribution in [3.63, 3.8) is 0 Å². The molecule has 3 atom stereocenters. The number of rotatable bonds is 5. The number of methoxy groups -OCH3 is 1. The van der Waals surface area contributed by atoms with Crippen molar-refractivity contribution in [2.45, 2.75) is 38.8 Å². The number of aromatic amines is 1. The van der Waals surface area contributed by atoms with Crippen molar-refractivity contribution < 1.29 is 14.3 Å². The van der Waals surface area contributed by atoms with Gasteiger partial charge in [0.2, 0.25) is 5.91 Å². The lowest BCUT2D eigenvalue weighted by Crippen LogP contribution is -2.36. The molecule has 23 heavy (non-hydrogen) atoms. The third kappa shape index (κ3) is 3.17. The summed E-state index contributed by atoms with van der Waals surface area (Å²) >= 11 is 0. The molecule has 1 fully saturated rings. The second-order valence-electron chi connectivity index (χ2n) is 5.95. The number of benzene rings is 1. The van der Waals surface area contributed by atoms with Gasteiger partial charge in [0, 0.05) is 12.7 Å². The molecule has 6 heteroatoms. The minimum absolute atomic E-state index is 0.0298. The first-order chi connectivity index (χ1) is 11.1. The number of nitrogens with zero attached hydrogens (tertiary/aromatic N) is 1. The second-order valence-corrected chi connectivity index (χ2v) is 5.95. The van der Waals surface area contributed by atoms with E-state index in [9.17, 15) is 4.79 Å². The third-order valence-corrected chi connectivity index (χ3v) is 4.42. The van der Waals surface area contributed by atoms with Crippen molar-refractivity contribution in [2.75, 3.05) is 13.7 Å². The average molecular weight is 317 g/mol. The Balaban J connectivity index is 1.72. The summed E-state index contributed by atoms with van der Waals surface area (Å²) in [4.78, 5) is 20.3. The Bertz CT molecular complexity index is 697. The van der Waals surface area contributed by atoms with Crippen LogP contribution in [-0.2, 0) is 9.53 Å². The van der Waals surface area contributed by atoms with E-state index < -0.39 is 0 Å². The molecule has 0 aliphatic carbocycles. The van der Waals surface area contributed by atoms with E-state index >= 15 is 0 Å². The zero-order valence-electron chi connectivity index (χ0n) is 13.8. The van der Waals surface area contributed by atoms with E-state index in [1.54, 1.807) is 7.11 Å². The van der Waals surface area contributed by atoms with Gasteiger partial charge in [0.05, 0.1) is 36.2 Å². The fraction of sp³-hybridized carbons (Fsp3) is 0.529. The normalized spacial score (nSPS) is 22.2. The van der Waals surface area contributed by atoms with Crippen LogP contribution in [0.2, 0.25) is 0 Å². The van der Waals surface area contributed by atoms with Crippen molar-refractivity contribution in [1.82, 2.24) is 15.3 Å². The maximum atomic E-state index is 12.5. The highest BCUT2D eigenvalue weighted by Gasteiger charge is 2.33. The maximum absolute atomic E-state index is 12.5. The minimum Gasteiger partial charge on any atom is -0.497 e. The van der Waals surface area contributed by atoms with Gasteiger partial charge in [-0.25, -0.2) is 4.98 Å². The summed E-state index contributed by atoms with van der Waals surface area (Å²) in [6.45, 7) is 4.64. The number of carbonyl (C=O) groups is 1. The van der Waals surface area contributed by atoms with Crippen LogP contribution in [-0.4, -0.2) is 35.7 Å². The van der Waals surface area contributed by atoms with Crippen LogP contribution in [0.5, 0.6) is 5.75 Å². The number of fused-ring (bicyclic) bond motifs is 1. The van der Waals surface area contributed by atoms with Gasteiger partial charge in [-0.05, 0) is 31.9 Å². The molecule has 2 heterocycles. The molecule has 1 aliphatic rings. The highest BCUT2D eigenvalue weighted by Crippen LogP contribution is 2.25. The molecule has 0 spiro atoms. The summed E-state index contributed by atoms with van der Waals surface area (Å²) in [5, 5.41) is 3.05. The SMILES string of the molecule is CC[C@@H]1OCC[C@H]1C(=O)NC(C)c1nc2ccc(OC)cc2[nH]1. The molecule has 1 aromatic heterocycles. The van der Waals surface area contributed by atoms with Gasteiger partial charge in [0.1, 0.15) is 11.6 Å². The van der Waals surface area contributed by atoms with Crippen molar-refractivity contribution in [3.8, 4) is 5.75 Å². The van der Waals surface area contributed by atoms with E-state index in [1.165, 1.54) is 0 Å². The summed E-state index contributed by atoms with van der Waals surface area (Å²) in [6, 6.07) is 5.50. The first kappa shape index (κ1) is 15.8. The average Bonchev–Trinajstić information content (AvgIpc) is 3.20. The number of ether oxygens (including phenoxy) is 2. The van der Waals surface area contributed by atoms with Gasteiger partial charge >= 0.3 is 0 Å². The Morgan fingerprint density at radius 3 is 3.13 bits per heavy atom. The predicted molar refractivity (Wildman–Crippen MR) is 87.3 cm³/mol. The molecular formula is C17H23N3O3. The molecule has 3 rings (SSSR count). The Hall–Kier alpha value is -2.08. The molecule has 2 N–H and O–H groups in total. The number of imidazole rings is 1. The fourth-order valence-corrected chi connectivity index (χ4v) is 3.08. The van der Waals surface area contributed by atoms with Crippen LogP contribution in [0.3, 0.4) is 0 Å². The van der Waals surface area contributed by atoms with E-state index in [-0.39, 0.29) is 24.0 Å². The van der Waals surface area contributed by atoms with Crippen LogP contribution in [0, 0.1) is 5.92 Å². The standard InChI is InChI=1S/C17H23N3O3/c1-4-15-12(7-8-23-15)17(21)18-10(2)16-19-13-6-5-11(22-3)9-14(13)20-16/h5-6,9-10,12,15H,4,7-8H2,1-3H3,(H,18,21)(H,19,20)/t10?,12-,15+/m1/s1. The number of H-pyrrole nitrogens is 1. The third-order valence-electron chi connectivity index (χ3n) is 4.42. The van der Waals surface area contributed by atoms with Crippen LogP contribution in [0.25, 0.3) is 11.0 Å². The predicted octanol–water partition coefficient (Wildman–Crippen LogP) is 2.56. The largest absolute Gasteiger partial charge is 0.497 e. The van der Waals surface area contributed by atoms with Crippen molar-refractivity contribution in [3.05, 3.63) is 24.0 Å². The molecule has 124 valence electrons. The molecule has 1 saturated heterocycles. The van der Waals surface area contributed by atoms with E-state index in [0.29, 0.717) is 6.61 Å². The zero-order valence-corrected chi connectivity index (χ0v) is 13.8. The first-order valence-corrected chi connectivity index (χ1v) is 8.08. The van der Waals surface area contributed by atoms with Crippen LogP contribution >= 0.6 is 0 Å². The first-order valence-electron chi connectivity index (χ1n) is 8.08. The second kappa shape index (κ2) is 6.58. The summed E-state index contributed by atoms with van der Waals surface area (Å²) < 4.78 is 10.8. The molecule has 0 saturated carbocycles. The minimum atomic E-state index is -0.181. The van der Waals surface area contributed by atoms with E-state index in [4.69, 9.17) is 9.47 Å². The van der Waals surface area contributed by atoms with Crippen LogP contribution in [0.15, 0.2) is 18.2 Å². The Labute approximate surface area is 135 Å². The van der Waals surface area contributed by atoms with Crippen LogP contribution in [0.4, 0.5) is 0 Å². The van der Waals surface area contributed by atoms with Crippen LogP contribution in [0.1, 0.15) is 38.6 Å². The Morgan fingerprint density at radius 1 is 1.57 bits per heavy atom. The Morgan fingerprint density at radius 2 is 2.39 bits per heavy atom. The lowest BCUT2D eigenvalue weighted by atomic mass is 9.98. The molecule has 2 aromatic rings. The maximum Gasteiger partial charge on any atom is 0.226 e. The quantitative estimate of drug-likeness (QED) is 0.888. The van der Waals surface area contributed by atoms with Gasteiger partial charge in [0.25, 0.3) is 0 Å². The van der Waals surface area contributed by atoms with Crippen molar-refractivity contribution in [2.24, 2.45) is 5.92 Å². The molecule has 1 amide bonds. The number of amides is 1. The summed E-state index contributed by atoms with van der Waals surface area (Å²) in [5.41, 5.74) is 1.76. The summed E-state index contributed by atoms with van der Waals surface area (Å²) in [6.07, 6.45) is 1.67. The van der Waals surface area contributed by atoms with Gasteiger partial charge in [-0.15, -0.1) is 0 Å². The van der Waals surface area contributed by atoms with Gasteiger partial charge in [-0.1, -0.05) is 6.92 Å². The van der Waals surface area contributed by atoms with Gasteiger partial charge < -0.3 is 19.8 Å². The molecule has 0 radical (unpaired) electrons. The summed E-state index contributed by atoms with van der Waals surface area (Å²) in [5.74, 6) is 1.50. The van der Waals surface area contributed by atoms with Gasteiger partial charge in [0.15, 0.2) is 0 Å². The molecule has 0 bridgehead atoms. The number of carbonyl (C=O) groups excluding carboxylic acids is 1. The molecule has 6 nitrogen and oxygen atoms in total. The number of aromatic nitrogens is 2. The molecule has 1 unspecified atom stereocenters. The smallest absolute Gasteiger partial charge is 0.226 e. The number of hydrogen-bond donors (Lipinski definition) is 2.